The van der Waals surface area contributed by atoms with E-state index in [1.165, 1.54) is 0 Å². The van der Waals surface area contributed by atoms with Crippen LogP contribution < -0.4 is 0 Å². The molecule has 0 fully saturated rings. The Bertz CT molecular complexity index is 454. The Labute approximate surface area is 99.9 Å². The molecule has 4 nitrogen and oxygen atoms in total. The molecule has 1 aromatic rings. The third-order valence-electron chi connectivity index (χ3n) is 2.67. The van der Waals surface area contributed by atoms with Gasteiger partial charge in [0, 0.05) is 12.0 Å². The number of ether oxygens (including phenoxy) is 1. The number of rotatable bonds is 4. The first-order valence-electron chi connectivity index (χ1n) is 5.64. The van der Waals surface area contributed by atoms with Crippen LogP contribution >= 0.6 is 0 Å². The Morgan fingerprint density at radius 2 is 2.41 bits per heavy atom. The van der Waals surface area contributed by atoms with Crippen LogP contribution in [0.3, 0.4) is 0 Å². The molecule has 0 saturated heterocycles. The zero-order valence-electron chi connectivity index (χ0n) is 9.72. The second kappa shape index (κ2) is 4.99. The van der Waals surface area contributed by atoms with E-state index in [1.54, 1.807) is 0 Å². The second-order valence-corrected chi connectivity index (χ2v) is 4.20. The fourth-order valence-corrected chi connectivity index (χ4v) is 1.79. The summed E-state index contributed by atoms with van der Waals surface area (Å²) in [6, 6.07) is 7.91. The van der Waals surface area contributed by atoms with E-state index < -0.39 is 5.97 Å². The summed E-state index contributed by atoms with van der Waals surface area (Å²) in [7, 11) is 0. The number of hydrogen-bond acceptors (Lipinski definition) is 3. The summed E-state index contributed by atoms with van der Waals surface area (Å²) in [5.74, 6) is -0.159. The quantitative estimate of drug-likeness (QED) is 0.865. The molecule has 1 aliphatic heterocycles. The number of nitrogens with zero attached hydrogens (tertiary/aromatic N) is 1. The summed E-state index contributed by atoms with van der Waals surface area (Å²) >= 11 is 0. The number of carboxylic acid groups (broad SMARTS) is 1. The van der Waals surface area contributed by atoms with Crippen molar-refractivity contribution < 1.29 is 14.6 Å². The van der Waals surface area contributed by atoms with E-state index in [2.05, 4.69) is 4.99 Å². The lowest BCUT2D eigenvalue weighted by Crippen LogP contribution is -2.08. The molecule has 2 rings (SSSR count). The molecular formula is C13H15NO3. The van der Waals surface area contributed by atoms with Crippen molar-refractivity contribution in [2.24, 2.45) is 4.99 Å². The molecule has 0 bridgehead atoms. The first kappa shape index (κ1) is 11.6. The summed E-state index contributed by atoms with van der Waals surface area (Å²) in [5, 5.41) is 8.60. The third-order valence-corrected chi connectivity index (χ3v) is 2.67. The van der Waals surface area contributed by atoms with Crippen molar-refractivity contribution in [3.63, 3.8) is 0 Å². The Morgan fingerprint density at radius 1 is 1.59 bits per heavy atom. The van der Waals surface area contributed by atoms with Gasteiger partial charge in [-0.25, -0.2) is 4.99 Å². The van der Waals surface area contributed by atoms with Gasteiger partial charge in [0.15, 0.2) is 0 Å². The predicted octanol–water partition coefficient (Wildman–Crippen LogP) is 2.01. The summed E-state index contributed by atoms with van der Waals surface area (Å²) in [6.07, 6.45) is 0.670. The van der Waals surface area contributed by atoms with Crippen LogP contribution in [0.2, 0.25) is 0 Å². The normalized spacial score (nSPS) is 18.6. The van der Waals surface area contributed by atoms with E-state index in [0.29, 0.717) is 18.9 Å². The molecule has 0 spiro atoms. The molecule has 0 aromatic heterocycles. The lowest BCUT2D eigenvalue weighted by atomic mass is 10.1. The first-order chi connectivity index (χ1) is 8.15. The van der Waals surface area contributed by atoms with Gasteiger partial charge in [0.1, 0.15) is 6.61 Å². The number of carboxylic acids is 1. The highest BCUT2D eigenvalue weighted by Crippen LogP contribution is 2.16. The van der Waals surface area contributed by atoms with Gasteiger partial charge in [0.25, 0.3) is 0 Å². The molecular weight excluding hydrogens is 218 g/mol. The largest absolute Gasteiger partial charge is 0.481 e. The summed E-state index contributed by atoms with van der Waals surface area (Å²) in [4.78, 5) is 14.9. The SMILES string of the molecule is Cc1cccc(C2=NC(CCC(=O)O)CO2)c1. The van der Waals surface area contributed by atoms with Gasteiger partial charge in [0.05, 0.1) is 6.04 Å². The average molecular weight is 233 g/mol. The van der Waals surface area contributed by atoms with Gasteiger partial charge in [-0.1, -0.05) is 17.7 Å². The van der Waals surface area contributed by atoms with Crippen LogP contribution in [0.1, 0.15) is 24.0 Å². The Kier molecular flexibility index (Phi) is 3.42. The highest BCUT2D eigenvalue weighted by molar-refractivity contribution is 5.95. The molecule has 0 saturated carbocycles. The van der Waals surface area contributed by atoms with E-state index in [0.717, 1.165) is 11.1 Å². The molecule has 1 unspecified atom stereocenters. The Hall–Kier alpha value is -1.84. The molecule has 1 atom stereocenters. The maximum Gasteiger partial charge on any atom is 0.303 e. The van der Waals surface area contributed by atoms with E-state index in [9.17, 15) is 4.79 Å². The maximum atomic E-state index is 10.5. The van der Waals surface area contributed by atoms with Crippen molar-refractivity contribution in [3.05, 3.63) is 35.4 Å². The molecule has 1 N–H and O–H groups in total. The molecule has 0 amide bonds. The zero-order valence-corrected chi connectivity index (χ0v) is 9.72. The van der Waals surface area contributed by atoms with Gasteiger partial charge in [-0.3, -0.25) is 4.79 Å². The van der Waals surface area contributed by atoms with Crippen molar-refractivity contribution in [1.82, 2.24) is 0 Å². The van der Waals surface area contributed by atoms with Crippen molar-refractivity contribution >= 4 is 11.9 Å². The fourth-order valence-electron chi connectivity index (χ4n) is 1.79. The fraction of sp³-hybridized carbons (Fsp3) is 0.385. The van der Waals surface area contributed by atoms with Gasteiger partial charge in [-0.2, -0.15) is 0 Å². The van der Waals surface area contributed by atoms with Gasteiger partial charge >= 0.3 is 5.97 Å². The lowest BCUT2D eigenvalue weighted by Gasteiger charge is -2.01. The molecule has 0 radical (unpaired) electrons. The van der Waals surface area contributed by atoms with Crippen LogP contribution in [-0.4, -0.2) is 29.6 Å². The van der Waals surface area contributed by atoms with Crippen molar-refractivity contribution in [1.29, 1.82) is 0 Å². The number of carbonyl (C=O) groups is 1. The first-order valence-corrected chi connectivity index (χ1v) is 5.64. The van der Waals surface area contributed by atoms with Gasteiger partial charge in [-0.05, 0) is 25.5 Å². The molecule has 1 heterocycles. The van der Waals surface area contributed by atoms with E-state index in [-0.39, 0.29) is 12.5 Å². The van der Waals surface area contributed by atoms with Crippen LogP contribution in [-0.2, 0) is 9.53 Å². The summed E-state index contributed by atoms with van der Waals surface area (Å²) in [5.41, 5.74) is 2.12. The second-order valence-electron chi connectivity index (χ2n) is 4.20. The van der Waals surface area contributed by atoms with E-state index in [4.69, 9.17) is 9.84 Å². The van der Waals surface area contributed by atoms with Gasteiger partial charge in [0.2, 0.25) is 5.90 Å². The third kappa shape index (κ3) is 3.06. The predicted molar refractivity (Wildman–Crippen MR) is 64.3 cm³/mol. The average Bonchev–Trinajstić information content (AvgIpc) is 2.75. The molecule has 1 aromatic carbocycles. The number of aryl methyl sites for hydroxylation is 1. The molecule has 17 heavy (non-hydrogen) atoms. The van der Waals surface area contributed by atoms with Crippen molar-refractivity contribution in [3.8, 4) is 0 Å². The molecule has 4 heteroatoms. The van der Waals surface area contributed by atoms with E-state index in [1.807, 2.05) is 31.2 Å². The topological polar surface area (TPSA) is 58.9 Å². The Morgan fingerprint density at radius 3 is 3.12 bits per heavy atom. The number of aliphatic imine (C=N–C) groups is 1. The molecule has 90 valence electrons. The Balaban J connectivity index is 2.03. The molecule has 0 aliphatic carbocycles. The number of hydrogen-bond donors (Lipinski definition) is 1. The monoisotopic (exact) mass is 233 g/mol. The number of aliphatic carboxylic acids is 1. The minimum Gasteiger partial charge on any atom is -0.481 e. The van der Waals surface area contributed by atoms with Crippen molar-refractivity contribution in [2.75, 3.05) is 6.61 Å². The minimum atomic E-state index is -0.788. The summed E-state index contributed by atoms with van der Waals surface area (Å²) in [6.45, 7) is 2.50. The van der Waals surface area contributed by atoms with Crippen LogP contribution in [0.5, 0.6) is 0 Å². The number of benzene rings is 1. The standard InChI is InChI=1S/C13H15NO3/c1-9-3-2-4-10(7-9)13-14-11(8-17-13)5-6-12(15)16/h2-4,7,11H,5-6,8H2,1H3,(H,15,16). The van der Waals surface area contributed by atoms with Crippen LogP contribution in [0.25, 0.3) is 0 Å². The smallest absolute Gasteiger partial charge is 0.303 e. The van der Waals surface area contributed by atoms with Crippen LogP contribution in [0, 0.1) is 6.92 Å². The highest BCUT2D eigenvalue weighted by atomic mass is 16.5. The summed E-state index contributed by atoms with van der Waals surface area (Å²) < 4.78 is 5.50. The maximum absolute atomic E-state index is 10.5. The minimum absolute atomic E-state index is 0.0263. The lowest BCUT2D eigenvalue weighted by molar-refractivity contribution is -0.137. The highest BCUT2D eigenvalue weighted by Gasteiger charge is 2.20. The van der Waals surface area contributed by atoms with Crippen molar-refractivity contribution in [2.45, 2.75) is 25.8 Å². The molecule has 1 aliphatic rings. The zero-order chi connectivity index (χ0) is 12.3. The van der Waals surface area contributed by atoms with Crippen LogP contribution in [0.4, 0.5) is 0 Å². The van der Waals surface area contributed by atoms with E-state index >= 15 is 0 Å². The van der Waals surface area contributed by atoms with Gasteiger partial charge < -0.3 is 9.84 Å². The van der Waals surface area contributed by atoms with Crippen LogP contribution in [0.15, 0.2) is 29.3 Å². The van der Waals surface area contributed by atoms with Gasteiger partial charge in [-0.15, -0.1) is 0 Å².